The quantitative estimate of drug-likeness (QED) is 0.755. The standard InChI is InChI=1S/C18H20FN3O2/c1-22-16-6-5-13(23-2)9-15(16)21-18(22)11-20-10-12-4-7-17(24-3)14(19)8-12/h4-9,20H,10-11H2,1-3H3. The minimum atomic E-state index is -0.355. The van der Waals surface area contributed by atoms with Gasteiger partial charge in [-0.1, -0.05) is 6.07 Å². The second kappa shape index (κ2) is 6.88. The number of nitrogens with zero attached hydrogens (tertiary/aromatic N) is 2. The van der Waals surface area contributed by atoms with Crippen LogP contribution >= 0.6 is 0 Å². The number of ether oxygens (including phenoxy) is 2. The molecule has 24 heavy (non-hydrogen) atoms. The van der Waals surface area contributed by atoms with E-state index in [1.165, 1.54) is 13.2 Å². The molecule has 0 bridgehead atoms. The van der Waals surface area contributed by atoms with Gasteiger partial charge in [0.05, 0.1) is 31.8 Å². The van der Waals surface area contributed by atoms with Crippen molar-refractivity contribution < 1.29 is 13.9 Å². The van der Waals surface area contributed by atoms with E-state index in [2.05, 4.69) is 10.3 Å². The maximum absolute atomic E-state index is 13.7. The maximum atomic E-state index is 13.7. The second-order valence-electron chi connectivity index (χ2n) is 5.51. The Kier molecular flexibility index (Phi) is 4.66. The molecule has 1 heterocycles. The normalized spacial score (nSPS) is 11.0. The molecule has 126 valence electrons. The number of fused-ring (bicyclic) bond motifs is 1. The fourth-order valence-electron chi connectivity index (χ4n) is 2.65. The summed E-state index contributed by atoms with van der Waals surface area (Å²) in [6, 6.07) is 10.8. The Morgan fingerprint density at radius 1 is 1.08 bits per heavy atom. The summed E-state index contributed by atoms with van der Waals surface area (Å²) < 4.78 is 25.9. The molecule has 0 spiro atoms. The Balaban J connectivity index is 1.69. The average Bonchev–Trinajstić information content (AvgIpc) is 2.90. The number of rotatable bonds is 6. The number of imidazole rings is 1. The van der Waals surface area contributed by atoms with Crippen LogP contribution in [-0.2, 0) is 20.1 Å². The number of hydrogen-bond donors (Lipinski definition) is 1. The van der Waals surface area contributed by atoms with E-state index >= 15 is 0 Å². The largest absolute Gasteiger partial charge is 0.497 e. The molecule has 0 radical (unpaired) electrons. The molecule has 1 N–H and O–H groups in total. The average molecular weight is 329 g/mol. The van der Waals surface area contributed by atoms with Crippen LogP contribution in [0.5, 0.6) is 11.5 Å². The third kappa shape index (κ3) is 3.19. The monoisotopic (exact) mass is 329 g/mol. The van der Waals surface area contributed by atoms with Crippen LogP contribution in [0.3, 0.4) is 0 Å². The highest BCUT2D eigenvalue weighted by atomic mass is 19.1. The summed E-state index contributed by atoms with van der Waals surface area (Å²) in [6.45, 7) is 1.13. The molecule has 0 amide bonds. The third-order valence-corrected chi connectivity index (χ3v) is 4.01. The lowest BCUT2D eigenvalue weighted by molar-refractivity contribution is 0.386. The van der Waals surface area contributed by atoms with Gasteiger partial charge in [0.25, 0.3) is 0 Å². The molecular formula is C18H20FN3O2. The van der Waals surface area contributed by atoms with Gasteiger partial charge in [-0.15, -0.1) is 0 Å². The van der Waals surface area contributed by atoms with Crippen molar-refractivity contribution in [3.05, 3.63) is 53.6 Å². The van der Waals surface area contributed by atoms with Crippen molar-refractivity contribution in [3.8, 4) is 11.5 Å². The SMILES string of the molecule is COc1ccc2c(c1)nc(CNCc1ccc(OC)c(F)c1)n2C. The number of aromatic nitrogens is 2. The first-order valence-electron chi connectivity index (χ1n) is 7.65. The molecular weight excluding hydrogens is 309 g/mol. The maximum Gasteiger partial charge on any atom is 0.165 e. The van der Waals surface area contributed by atoms with Crippen LogP contribution in [0, 0.1) is 5.82 Å². The highest BCUT2D eigenvalue weighted by Gasteiger charge is 2.09. The zero-order valence-electron chi connectivity index (χ0n) is 14.0. The molecule has 6 heteroatoms. The fraction of sp³-hybridized carbons (Fsp3) is 0.278. The van der Waals surface area contributed by atoms with Crippen LogP contribution in [0.25, 0.3) is 11.0 Å². The second-order valence-corrected chi connectivity index (χ2v) is 5.51. The van der Waals surface area contributed by atoms with Gasteiger partial charge < -0.3 is 19.4 Å². The first kappa shape index (κ1) is 16.3. The highest BCUT2D eigenvalue weighted by molar-refractivity contribution is 5.77. The summed E-state index contributed by atoms with van der Waals surface area (Å²) >= 11 is 0. The van der Waals surface area contributed by atoms with E-state index in [1.54, 1.807) is 13.2 Å². The zero-order chi connectivity index (χ0) is 17.1. The minimum Gasteiger partial charge on any atom is -0.497 e. The van der Waals surface area contributed by atoms with Gasteiger partial charge in [0.15, 0.2) is 11.6 Å². The molecule has 0 unspecified atom stereocenters. The van der Waals surface area contributed by atoms with Crippen LogP contribution in [0.4, 0.5) is 4.39 Å². The van der Waals surface area contributed by atoms with Crippen molar-refractivity contribution in [2.45, 2.75) is 13.1 Å². The van der Waals surface area contributed by atoms with Crippen LogP contribution in [0.15, 0.2) is 36.4 Å². The van der Waals surface area contributed by atoms with Gasteiger partial charge in [-0.2, -0.15) is 0 Å². The van der Waals surface area contributed by atoms with Crippen molar-refractivity contribution in [2.75, 3.05) is 14.2 Å². The fourth-order valence-corrected chi connectivity index (χ4v) is 2.65. The Labute approximate surface area is 140 Å². The van der Waals surface area contributed by atoms with Crippen molar-refractivity contribution in [3.63, 3.8) is 0 Å². The molecule has 3 aromatic rings. The predicted octanol–water partition coefficient (Wildman–Crippen LogP) is 3.02. The van der Waals surface area contributed by atoms with Gasteiger partial charge in [-0.3, -0.25) is 0 Å². The molecule has 0 saturated carbocycles. The summed E-state index contributed by atoms with van der Waals surface area (Å²) in [5.74, 6) is 1.59. The number of methoxy groups -OCH3 is 2. The van der Waals surface area contributed by atoms with Crippen LogP contribution in [-0.4, -0.2) is 23.8 Å². The zero-order valence-corrected chi connectivity index (χ0v) is 14.0. The summed E-state index contributed by atoms with van der Waals surface area (Å²) in [7, 11) is 5.07. The van der Waals surface area contributed by atoms with Gasteiger partial charge in [0.1, 0.15) is 11.6 Å². The molecule has 0 fully saturated rings. The summed E-state index contributed by atoms with van der Waals surface area (Å²) in [5.41, 5.74) is 2.79. The van der Waals surface area contributed by atoms with Crippen LogP contribution in [0.1, 0.15) is 11.4 Å². The van der Waals surface area contributed by atoms with Crippen molar-refractivity contribution >= 4 is 11.0 Å². The highest BCUT2D eigenvalue weighted by Crippen LogP contribution is 2.21. The Hall–Kier alpha value is -2.60. The van der Waals surface area contributed by atoms with Gasteiger partial charge in [0, 0.05) is 19.7 Å². The molecule has 0 atom stereocenters. The van der Waals surface area contributed by atoms with Crippen molar-refractivity contribution in [2.24, 2.45) is 7.05 Å². The lowest BCUT2D eigenvalue weighted by Gasteiger charge is -2.07. The van der Waals surface area contributed by atoms with E-state index in [1.807, 2.05) is 35.9 Å². The molecule has 0 aliphatic rings. The smallest absolute Gasteiger partial charge is 0.165 e. The Morgan fingerprint density at radius 3 is 2.62 bits per heavy atom. The molecule has 3 rings (SSSR count). The van der Waals surface area contributed by atoms with Crippen LogP contribution < -0.4 is 14.8 Å². The van der Waals surface area contributed by atoms with E-state index in [9.17, 15) is 4.39 Å². The topological polar surface area (TPSA) is 48.3 Å². The molecule has 0 aliphatic heterocycles. The minimum absolute atomic E-state index is 0.253. The number of nitrogens with one attached hydrogen (secondary N) is 1. The van der Waals surface area contributed by atoms with Gasteiger partial charge in [0.2, 0.25) is 0 Å². The summed E-state index contributed by atoms with van der Waals surface area (Å²) in [4.78, 5) is 4.62. The van der Waals surface area contributed by atoms with E-state index in [0.29, 0.717) is 13.1 Å². The number of benzene rings is 2. The van der Waals surface area contributed by atoms with E-state index in [-0.39, 0.29) is 11.6 Å². The number of aryl methyl sites for hydroxylation is 1. The summed E-state index contributed by atoms with van der Waals surface area (Å²) in [5, 5.41) is 3.29. The van der Waals surface area contributed by atoms with Crippen molar-refractivity contribution in [1.82, 2.24) is 14.9 Å². The van der Waals surface area contributed by atoms with Gasteiger partial charge in [-0.25, -0.2) is 9.37 Å². The predicted molar refractivity (Wildman–Crippen MR) is 90.8 cm³/mol. The molecule has 2 aromatic carbocycles. The summed E-state index contributed by atoms with van der Waals surface area (Å²) in [6.07, 6.45) is 0. The molecule has 0 saturated heterocycles. The van der Waals surface area contributed by atoms with E-state index < -0.39 is 0 Å². The van der Waals surface area contributed by atoms with E-state index in [0.717, 1.165) is 28.2 Å². The molecule has 5 nitrogen and oxygen atoms in total. The molecule has 1 aromatic heterocycles. The molecule has 0 aliphatic carbocycles. The first-order valence-corrected chi connectivity index (χ1v) is 7.65. The number of halogens is 1. The third-order valence-electron chi connectivity index (χ3n) is 4.01. The van der Waals surface area contributed by atoms with E-state index in [4.69, 9.17) is 9.47 Å². The van der Waals surface area contributed by atoms with Crippen LogP contribution in [0.2, 0.25) is 0 Å². The number of hydrogen-bond acceptors (Lipinski definition) is 4. The van der Waals surface area contributed by atoms with Gasteiger partial charge in [-0.05, 0) is 29.8 Å². The lowest BCUT2D eigenvalue weighted by Crippen LogP contribution is -2.15. The van der Waals surface area contributed by atoms with Gasteiger partial charge >= 0.3 is 0 Å². The Bertz CT molecular complexity index is 861. The first-order chi connectivity index (χ1) is 11.6. The Morgan fingerprint density at radius 2 is 1.92 bits per heavy atom. The lowest BCUT2D eigenvalue weighted by atomic mass is 10.2. The van der Waals surface area contributed by atoms with Crippen molar-refractivity contribution in [1.29, 1.82) is 0 Å².